The molecule has 1 fully saturated rings. The largest absolute Gasteiger partial charge is 0.397 e. The zero-order valence-electron chi connectivity index (χ0n) is 11.2. The maximum Gasteiger partial charge on any atom is 0.224 e. The average molecular weight is 260 g/mol. The third-order valence-corrected chi connectivity index (χ3v) is 3.92. The maximum atomic E-state index is 11.4. The zero-order chi connectivity index (χ0) is 13.4. The number of nitrogens with zero attached hydrogens (tertiary/aromatic N) is 1. The molecule has 0 bridgehead atoms. The monoisotopic (exact) mass is 260 g/mol. The minimum Gasteiger partial charge on any atom is -0.397 e. The minimum absolute atomic E-state index is 0.0869. The summed E-state index contributed by atoms with van der Waals surface area (Å²) in [6.45, 7) is 2.14. The lowest BCUT2D eigenvalue weighted by molar-refractivity contribution is -0.116. The third kappa shape index (κ3) is 2.51. The van der Waals surface area contributed by atoms with Crippen molar-refractivity contribution in [3.8, 4) is 0 Å². The predicted molar refractivity (Wildman–Crippen MR) is 77.3 cm³/mol. The summed E-state index contributed by atoms with van der Waals surface area (Å²) in [7, 11) is 2.12. The lowest BCUT2D eigenvalue weighted by Crippen LogP contribution is -2.25. The Balaban J connectivity index is 1.81. The first kappa shape index (κ1) is 12.3. The van der Waals surface area contributed by atoms with Crippen molar-refractivity contribution >= 4 is 23.0 Å². The van der Waals surface area contributed by atoms with Gasteiger partial charge in [-0.3, -0.25) is 4.79 Å². The van der Waals surface area contributed by atoms with E-state index in [4.69, 9.17) is 5.73 Å². The van der Waals surface area contributed by atoms with E-state index in [0.717, 1.165) is 48.6 Å². The highest BCUT2D eigenvalue weighted by atomic mass is 16.1. The molecular weight excluding hydrogens is 240 g/mol. The lowest BCUT2D eigenvalue weighted by Gasteiger charge is -2.21. The number of nitrogens with one attached hydrogen (secondary N) is 2. The quantitative estimate of drug-likeness (QED) is 0.700. The Morgan fingerprint density at radius 2 is 2.26 bits per heavy atom. The van der Waals surface area contributed by atoms with Gasteiger partial charge in [-0.05, 0) is 44.1 Å². The molecule has 0 aromatic heterocycles. The second kappa shape index (κ2) is 4.74. The van der Waals surface area contributed by atoms with Crippen molar-refractivity contribution in [2.24, 2.45) is 0 Å². The van der Waals surface area contributed by atoms with Crippen molar-refractivity contribution in [3.05, 3.63) is 17.7 Å². The van der Waals surface area contributed by atoms with E-state index in [2.05, 4.69) is 22.6 Å². The highest BCUT2D eigenvalue weighted by molar-refractivity contribution is 5.95. The van der Waals surface area contributed by atoms with Gasteiger partial charge >= 0.3 is 0 Å². The summed E-state index contributed by atoms with van der Waals surface area (Å²) in [6.07, 6.45) is 2.45. The van der Waals surface area contributed by atoms with Crippen LogP contribution >= 0.6 is 0 Å². The number of likely N-dealkylation sites (N-methyl/N-ethyl adjacent to an activating group) is 1. The van der Waals surface area contributed by atoms with Crippen molar-refractivity contribution in [1.82, 2.24) is 4.90 Å². The normalized spacial score (nSPS) is 23.0. The number of nitrogen functional groups attached to an aromatic ring is 1. The number of carbonyl (C=O) groups excluding carboxylic acids is 1. The maximum absolute atomic E-state index is 11.4. The highest BCUT2D eigenvalue weighted by Crippen LogP contribution is 2.32. The van der Waals surface area contributed by atoms with Gasteiger partial charge in [0, 0.05) is 24.7 Å². The Morgan fingerprint density at radius 3 is 3.00 bits per heavy atom. The van der Waals surface area contributed by atoms with E-state index >= 15 is 0 Å². The van der Waals surface area contributed by atoms with Crippen LogP contribution in [-0.2, 0) is 11.2 Å². The molecule has 4 N–H and O–H groups in total. The summed E-state index contributed by atoms with van der Waals surface area (Å²) >= 11 is 0. The first-order chi connectivity index (χ1) is 9.11. The molecule has 1 atom stereocenters. The number of anilines is 3. The number of nitrogens with two attached hydrogens (primary N) is 1. The van der Waals surface area contributed by atoms with Crippen LogP contribution in [0.3, 0.4) is 0 Å². The summed E-state index contributed by atoms with van der Waals surface area (Å²) in [6, 6.07) is 4.39. The predicted octanol–water partition coefficient (Wildman–Crippen LogP) is 1.27. The molecule has 1 amide bonds. The molecule has 5 heteroatoms. The van der Waals surface area contributed by atoms with Crippen LogP contribution in [-0.4, -0.2) is 37.0 Å². The van der Waals surface area contributed by atoms with Crippen molar-refractivity contribution in [2.75, 3.05) is 36.5 Å². The zero-order valence-corrected chi connectivity index (χ0v) is 11.2. The Labute approximate surface area is 113 Å². The van der Waals surface area contributed by atoms with Crippen molar-refractivity contribution in [1.29, 1.82) is 0 Å². The van der Waals surface area contributed by atoms with E-state index in [-0.39, 0.29) is 5.91 Å². The summed E-state index contributed by atoms with van der Waals surface area (Å²) in [5.41, 5.74) is 9.84. The minimum atomic E-state index is 0.0869. The van der Waals surface area contributed by atoms with Crippen LogP contribution in [0.5, 0.6) is 0 Å². The van der Waals surface area contributed by atoms with Crippen LogP contribution in [0.1, 0.15) is 18.4 Å². The standard InChI is InChI=1S/C14H20N4O/c1-18-5-4-10(8-18)16-13-7-12-9(6-11(13)15)2-3-14(19)17-12/h6-7,10,16H,2-5,8,15H2,1H3,(H,17,19). The SMILES string of the molecule is CN1CCC(Nc2cc3c(cc2N)CCC(=O)N3)C1. The Kier molecular flexibility index (Phi) is 3.06. The summed E-state index contributed by atoms with van der Waals surface area (Å²) in [5, 5.41) is 6.40. The lowest BCUT2D eigenvalue weighted by atomic mass is 10.0. The number of hydrogen-bond acceptors (Lipinski definition) is 4. The molecule has 1 aromatic carbocycles. The molecule has 3 rings (SSSR count). The van der Waals surface area contributed by atoms with E-state index in [1.807, 2.05) is 12.1 Å². The van der Waals surface area contributed by atoms with Gasteiger partial charge in [0.15, 0.2) is 0 Å². The van der Waals surface area contributed by atoms with Crippen LogP contribution in [0, 0.1) is 0 Å². The van der Waals surface area contributed by atoms with Crippen LogP contribution in [0.2, 0.25) is 0 Å². The molecule has 2 aliphatic heterocycles. The molecule has 2 aliphatic rings. The fraction of sp³-hybridized carbons (Fsp3) is 0.500. The molecule has 19 heavy (non-hydrogen) atoms. The Morgan fingerprint density at radius 1 is 1.42 bits per heavy atom. The van der Waals surface area contributed by atoms with Crippen LogP contribution < -0.4 is 16.4 Å². The van der Waals surface area contributed by atoms with Crippen LogP contribution in [0.25, 0.3) is 0 Å². The van der Waals surface area contributed by atoms with Gasteiger partial charge in [0.25, 0.3) is 0 Å². The van der Waals surface area contributed by atoms with Gasteiger partial charge in [0.2, 0.25) is 5.91 Å². The molecule has 0 spiro atoms. The van der Waals surface area contributed by atoms with E-state index in [9.17, 15) is 4.79 Å². The summed E-state index contributed by atoms with van der Waals surface area (Å²) < 4.78 is 0. The fourth-order valence-corrected chi connectivity index (χ4v) is 2.85. The number of aryl methyl sites for hydroxylation is 1. The van der Waals surface area contributed by atoms with E-state index in [0.29, 0.717) is 12.5 Å². The van der Waals surface area contributed by atoms with Crippen molar-refractivity contribution in [2.45, 2.75) is 25.3 Å². The first-order valence-corrected chi connectivity index (χ1v) is 6.79. The number of likely N-dealkylation sites (tertiary alicyclic amines) is 1. The second-order valence-corrected chi connectivity index (χ2v) is 5.54. The summed E-state index contributed by atoms with van der Waals surface area (Å²) in [5.74, 6) is 0.0869. The third-order valence-electron chi connectivity index (χ3n) is 3.92. The molecule has 1 aromatic rings. The number of hydrogen-bond donors (Lipinski definition) is 3. The van der Waals surface area contributed by atoms with Gasteiger partial charge in [-0.15, -0.1) is 0 Å². The van der Waals surface area contributed by atoms with E-state index in [1.54, 1.807) is 0 Å². The van der Waals surface area contributed by atoms with Gasteiger partial charge < -0.3 is 21.3 Å². The van der Waals surface area contributed by atoms with E-state index in [1.165, 1.54) is 0 Å². The smallest absolute Gasteiger partial charge is 0.224 e. The number of benzene rings is 1. The Hall–Kier alpha value is -1.75. The fourth-order valence-electron chi connectivity index (χ4n) is 2.85. The molecule has 2 heterocycles. The number of fused-ring (bicyclic) bond motifs is 1. The molecule has 1 saturated heterocycles. The average Bonchev–Trinajstić information content (AvgIpc) is 2.76. The topological polar surface area (TPSA) is 70.4 Å². The van der Waals surface area contributed by atoms with Crippen LogP contribution in [0.15, 0.2) is 12.1 Å². The molecular formula is C14H20N4O. The van der Waals surface area contributed by atoms with Gasteiger partial charge in [0.05, 0.1) is 11.4 Å². The summed E-state index contributed by atoms with van der Waals surface area (Å²) in [4.78, 5) is 13.7. The second-order valence-electron chi connectivity index (χ2n) is 5.54. The number of carbonyl (C=O) groups is 1. The van der Waals surface area contributed by atoms with Gasteiger partial charge in [-0.25, -0.2) is 0 Å². The molecule has 1 unspecified atom stereocenters. The number of rotatable bonds is 2. The van der Waals surface area contributed by atoms with Gasteiger partial charge in [0.1, 0.15) is 0 Å². The first-order valence-electron chi connectivity index (χ1n) is 6.79. The van der Waals surface area contributed by atoms with Crippen molar-refractivity contribution in [3.63, 3.8) is 0 Å². The van der Waals surface area contributed by atoms with Gasteiger partial charge in [-0.1, -0.05) is 0 Å². The van der Waals surface area contributed by atoms with Gasteiger partial charge in [-0.2, -0.15) is 0 Å². The van der Waals surface area contributed by atoms with Crippen molar-refractivity contribution < 1.29 is 4.79 Å². The van der Waals surface area contributed by atoms with Crippen LogP contribution in [0.4, 0.5) is 17.1 Å². The Bertz CT molecular complexity index is 514. The molecule has 0 saturated carbocycles. The molecule has 102 valence electrons. The van der Waals surface area contributed by atoms with E-state index < -0.39 is 0 Å². The highest BCUT2D eigenvalue weighted by Gasteiger charge is 2.21. The molecule has 0 radical (unpaired) electrons. The number of amides is 1. The molecule has 0 aliphatic carbocycles. The molecule has 5 nitrogen and oxygen atoms in total.